The highest BCUT2D eigenvalue weighted by atomic mass is 35.5. The van der Waals surface area contributed by atoms with Crippen LogP contribution in [0.1, 0.15) is 76.6 Å². The number of para-hydroxylation sites is 1. The molecule has 1 aliphatic rings. The standard InChI is InChI=1S/C36H49ClN2O7SSi/c1-11-13-30(40)46-31-20-38-29(47-31)19-28-34(41)39(21-36(5,6)22-44-48(9,10)35(2,3)4)26-17-16-23(37)18-25(26)32(45-28)24-14-12-15-27(42-7)33(24)43-8/h12,14-18,20,28,32H,11,13,19,21-22H2,1-10H3/t28-,32-/m1/s1. The van der Waals surface area contributed by atoms with E-state index < -0.39 is 25.9 Å². The van der Waals surface area contributed by atoms with Gasteiger partial charge in [0, 0.05) is 53.2 Å². The Hall–Kier alpha value is -2.96. The molecule has 262 valence electrons. The van der Waals surface area contributed by atoms with E-state index in [1.54, 1.807) is 25.2 Å². The van der Waals surface area contributed by atoms with E-state index in [0.717, 1.165) is 5.56 Å². The Kier molecular flexibility index (Phi) is 12.1. The lowest BCUT2D eigenvalue weighted by Gasteiger charge is -2.40. The second-order valence-electron chi connectivity index (χ2n) is 14.4. The van der Waals surface area contributed by atoms with Crippen molar-refractivity contribution in [2.24, 2.45) is 5.41 Å². The number of carbonyl (C=O) groups is 2. The zero-order chi connectivity index (χ0) is 35.4. The molecule has 1 amide bonds. The fourth-order valence-electron chi connectivity index (χ4n) is 5.25. The molecule has 2 atom stereocenters. The van der Waals surface area contributed by atoms with Crippen molar-refractivity contribution >= 4 is 48.8 Å². The molecule has 0 spiro atoms. The number of hydrogen-bond donors (Lipinski definition) is 0. The van der Waals surface area contributed by atoms with E-state index >= 15 is 0 Å². The van der Waals surface area contributed by atoms with E-state index in [1.807, 2.05) is 37.3 Å². The van der Waals surface area contributed by atoms with Crippen LogP contribution in [-0.4, -0.2) is 58.7 Å². The van der Waals surface area contributed by atoms with Crippen molar-refractivity contribution in [1.29, 1.82) is 0 Å². The fourth-order valence-corrected chi connectivity index (χ4v) is 7.43. The molecule has 3 aromatic rings. The van der Waals surface area contributed by atoms with Crippen molar-refractivity contribution in [3.05, 3.63) is 63.8 Å². The van der Waals surface area contributed by atoms with Crippen molar-refractivity contribution in [1.82, 2.24) is 4.98 Å². The van der Waals surface area contributed by atoms with Crippen LogP contribution in [0.5, 0.6) is 16.6 Å². The first-order chi connectivity index (χ1) is 22.5. The van der Waals surface area contributed by atoms with Gasteiger partial charge in [-0.2, -0.15) is 0 Å². The highest BCUT2D eigenvalue weighted by molar-refractivity contribution is 7.13. The monoisotopic (exact) mass is 716 g/mol. The summed E-state index contributed by atoms with van der Waals surface area (Å²) in [5.41, 5.74) is 1.69. The highest BCUT2D eigenvalue weighted by Crippen LogP contribution is 2.46. The molecular formula is C36H49ClN2O7SSi. The van der Waals surface area contributed by atoms with E-state index in [4.69, 9.17) is 35.0 Å². The average molecular weight is 717 g/mol. The summed E-state index contributed by atoms with van der Waals surface area (Å²) in [5.74, 6) is 0.495. The van der Waals surface area contributed by atoms with Crippen LogP contribution in [0.3, 0.4) is 0 Å². The van der Waals surface area contributed by atoms with Gasteiger partial charge in [0.1, 0.15) is 12.2 Å². The molecule has 2 heterocycles. The summed E-state index contributed by atoms with van der Waals surface area (Å²) >= 11 is 7.86. The van der Waals surface area contributed by atoms with Crippen molar-refractivity contribution < 1.29 is 33.0 Å². The predicted molar refractivity (Wildman–Crippen MR) is 193 cm³/mol. The molecule has 0 saturated carbocycles. The topological polar surface area (TPSA) is 96.4 Å². The quantitative estimate of drug-likeness (QED) is 0.128. The Morgan fingerprint density at radius 1 is 1.08 bits per heavy atom. The number of fused-ring (bicyclic) bond motifs is 1. The number of halogens is 1. The molecule has 0 saturated heterocycles. The van der Waals surface area contributed by atoms with Gasteiger partial charge in [0.25, 0.3) is 5.91 Å². The molecule has 0 unspecified atom stereocenters. The van der Waals surface area contributed by atoms with Crippen molar-refractivity contribution in [3.8, 4) is 16.6 Å². The average Bonchev–Trinajstić information content (AvgIpc) is 3.42. The number of carbonyl (C=O) groups excluding carboxylic acids is 2. The number of aromatic nitrogens is 1. The summed E-state index contributed by atoms with van der Waals surface area (Å²) in [6.45, 7) is 18.1. The number of rotatable bonds is 13. The molecule has 0 aliphatic carbocycles. The Bertz CT molecular complexity index is 1600. The molecule has 2 aromatic carbocycles. The number of methoxy groups -OCH3 is 2. The zero-order valence-electron chi connectivity index (χ0n) is 29.8. The fraction of sp³-hybridized carbons (Fsp3) is 0.528. The number of hydrogen-bond acceptors (Lipinski definition) is 9. The summed E-state index contributed by atoms with van der Waals surface area (Å²) in [6, 6.07) is 11.1. The number of benzene rings is 2. The summed E-state index contributed by atoms with van der Waals surface area (Å²) in [4.78, 5) is 33.2. The maximum absolute atomic E-state index is 14.7. The first-order valence-electron chi connectivity index (χ1n) is 16.3. The van der Waals surface area contributed by atoms with Gasteiger partial charge in [0.05, 0.1) is 25.4 Å². The van der Waals surface area contributed by atoms with Gasteiger partial charge in [-0.25, -0.2) is 4.98 Å². The van der Waals surface area contributed by atoms with E-state index in [9.17, 15) is 9.59 Å². The van der Waals surface area contributed by atoms with Crippen LogP contribution in [0.2, 0.25) is 23.2 Å². The van der Waals surface area contributed by atoms with Crippen LogP contribution in [-0.2, 0) is 25.2 Å². The minimum atomic E-state index is -2.05. The first-order valence-corrected chi connectivity index (χ1v) is 20.4. The maximum Gasteiger partial charge on any atom is 0.312 e. The van der Waals surface area contributed by atoms with Crippen LogP contribution in [0, 0.1) is 5.41 Å². The third-order valence-corrected chi connectivity index (χ3v) is 14.5. The molecule has 12 heteroatoms. The molecule has 0 radical (unpaired) electrons. The Labute approximate surface area is 295 Å². The van der Waals surface area contributed by atoms with Crippen LogP contribution in [0.25, 0.3) is 0 Å². The van der Waals surface area contributed by atoms with E-state index in [0.29, 0.717) is 63.8 Å². The lowest BCUT2D eigenvalue weighted by atomic mass is 9.92. The van der Waals surface area contributed by atoms with Crippen LogP contribution >= 0.6 is 22.9 Å². The van der Waals surface area contributed by atoms with Crippen LogP contribution in [0.15, 0.2) is 42.6 Å². The second kappa shape index (κ2) is 15.3. The summed E-state index contributed by atoms with van der Waals surface area (Å²) in [7, 11) is 1.10. The SMILES string of the molecule is CCCC(=O)Oc1cnc(C[C@H]2O[C@H](c3cccc(OC)c3OC)c3cc(Cl)ccc3N(CC(C)(C)CO[Si](C)(C)C(C)(C)C)C2=O)s1. The van der Waals surface area contributed by atoms with Crippen molar-refractivity contribution in [3.63, 3.8) is 0 Å². The van der Waals surface area contributed by atoms with Gasteiger partial charge in [-0.05, 0) is 48.8 Å². The summed E-state index contributed by atoms with van der Waals surface area (Å²) in [6.07, 6.45) is 0.992. The molecule has 0 bridgehead atoms. The van der Waals surface area contributed by atoms with Gasteiger partial charge in [-0.1, -0.05) is 76.6 Å². The van der Waals surface area contributed by atoms with Gasteiger partial charge in [-0.3, -0.25) is 9.59 Å². The molecule has 48 heavy (non-hydrogen) atoms. The Morgan fingerprint density at radius 2 is 1.81 bits per heavy atom. The zero-order valence-corrected chi connectivity index (χ0v) is 32.3. The van der Waals surface area contributed by atoms with Gasteiger partial charge >= 0.3 is 5.97 Å². The van der Waals surface area contributed by atoms with Crippen LogP contribution < -0.4 is 19.1 Å². The number of ether oxygens (including phenoxy) is 4. The third-order valence-electron chi connectivity index (χ3n) is 8.90. The van der Waals surface area contributed by atoms with Crippen LogP contribution in [0.4, 0.5) is 5.69 Å². The highest BCUT2D eigenvalue weighted by Gasteiger charge is 2.42. The van der Waals surface area contributed by atoms with Gasteiger partial charge in [0.15, 0.2) is 19.8 Å². The van der Waals surface area contributed by atoms with Gasteiger partial charge in [-0.15, -0.1) is 0 Å². The molecular weight excluding hydrogens is 668 g/mol. The van der Waals surface area contributed by atoms with E-state index in [1.165, 1.54) is 17.5 Å². The van der Waals surface area contributed by atoms with Gasteiger partial charge in [0.2, 0.25) is 5.06 Å². The molecule has 1 aliphatic heterocycles. The number of esters is 1. The first kappa shape index (κ1) is 37.8. The van der Waals surface area contributed by atoms with E-state index in [2.05, 4.69) is 52.7 Å². The van der Waals surface area contributed by atoms with E-state index in [-0.39, 0.29) is 23.3 Å². The minimum absolute atomic E-state index is 0.0459. The Balaban J connectivity index is 1.79. The number of thiazole rings is 1. The minimum Gasteiger partial charge on any atom is -0.493 e. The Morgan fingerprint density at radius 3 is 2.46 bits per heavy atom. The second-order valence-corrected chi connectivity index (χ2v) is 20.8. The molecule has 0 N–H and O–H groups in total. The number of anilines is 1. The number of nitrogens with zero attached hydrogens (tertiary/aromatic N) is 2. The smallest absolute Gasteiger partial charge is 0.312 e. The predicted octanol–water partition coefficient (Wildman–Crippen LogP) is 8.63. The maximum atomic E-state index is 14.7. The summed E-state index contributed by atoms with van der Waals surface area (Å²) < 4.78 is 30.4. The van der Waals surface area contributed by atoms with Crippen molar-refractivity contribution in [2.45, 2.75) is 91.1 Å². The largest absolute Gasteiger partial charge is 0.493 e. The lowest BCUT2D eigenvalue weighted by molar-refractivity contribution is -0.134. The molecule has 1 aromatic heterocycles. The summed E-state index contributed by atoms with van der Waals surface area (Å²) in [5, 5.41) is 1.54. The van der Waals surface area contributed by atoms with Gasteiger partial charge < -0.3 is 28.3 Å². The normalized spacial score (nSPS) is 17.1. The van der Waals surface area contributed by atoms with Crippen molar-refractivity contribution in [2.75, 3.05) is 32.3 Å². The third kappa shape index (κ3) is 8.79. The number of amides is 1. The molecule has 9 nitrogen and oxygen atoms in total. The molecule has 4 rings (SSSR count). The molecule has 0 fully saturated rings. The lowest BCUT2D eigenvalue weighted by Crippen LogP contribution is -2.48.